The summed E-state index contributed by atoms with van der Waals surface area (Å²) in [4.78, 5) is 11.8. The number of nitrogens with zero attached hydrogens (tertiary/aromatic N) is 1. The summed E-state index contributed by atoms with van der Waals surface area (Å²) in [5.74, 6) is 0. The molecular formula is C21H16F3N3O3S. The summed E-state index contributed by atoms with van der Waals surface area (Å²) >= 11 is 0. The van der Waals surface area contributed by atoms with Crippen LogP contribution in [0.15, 0.2) is 82.5 Å². The molecule has 0 fully saturated rings. The van der Waals surface area contributed by atoms with Gasteiger partial charge in [-0.25, -0.2) is 8.42 Å². The van der Waals surface area contributed by atoms with Crippen LogP contribution in [0.3, 0.4) is 0 Å². The zero-order valence-corrected chi connectivity index (χ0v) is 16.7. The third-order valence-electron chi connectivity index (χ3n) is 4.68. The van der Waals surface area contributed by atoms with Crippen molar-refractivity contribution in [2.75, 3.05) is 4.72 Å². The molecule has 0 atom stereocenters. The molecule has 160 valence electrons. The second-order valence-electron chi connectivity index (χ2n) is 6.88. The fourth-order valence-electron chi connectivity index (χ4n) is 3.20. The summed E-state index contributed by atoms with van der Waals surface area (Å²) < 4.78 is 67.7. The Morgan fingerprint density at radius 2 is 1.68 bits per heavy atom. The topological polar surface area (TPSA) is 84.0 Å². The minimum atomic E-state index is -4.67. The van der Waals surface area contributed by atoms with Gasteiger partial charge in [0.15, 0.2) is 0 Å². The summed E-state index contributed by atoms with van der Waals surface area (Å²) in [6.45, 7) is 0.412. The van der Waals surface area contributed by atoms with Crippen LogP contribution < -0.4 is 10.3 Å². The highest BCUT2D eigenvalue weighted by atomic mass is 32.2. The van der Waals surface area contributed by atoms with Crippen LogP contribution in [-0.4, -0.2) is 18.2 Å². The molecule has 1 aromatic heterocycles. The fourth-order valence-corrected chi connectivity index (χ4v) is 4.30. The molecule has 0 spiro atoms. The molecule has 1 heterocycles. The maximum Gasteiger partial charge on any atom is 0.416 e. The number of hydrogen-bond acceptors (Lipinski definition) is 3. The van der Waals surface area contributed by atoms with Crippen LogP contribution in [0.5, 0.6) is 0 Å². The van der Waals surface area contributed by atoms with Gasteiger partial charge in [0.05, 0.1) is 27.9 Å². The van der Waals surface area contributed by atoms with Crippen LogP contribution in [0.4, 0.5) is 18.9 Å². The maximum absolute atomic E-state index is 12.9. The van der Waals surface area contributed by atoms with Crippen molar-refractivity contribution in [3.8, 4) is 0 Å². The summed E-state index contributed by atoms with van der Waals surface area (Å²) in [7, 11) is -4.29. The van der Waals surface area contributed by atoms with Crippen molar-refractivity contribution in [1.82, 2.24) is 9.78 Å². The number of halogens is 3. The zero-order valence-electron chi connectivity index (χ0n) is 15.8. The average molecular weight is 447 g/mol. The number of alkyl halides is 3. The number of aromatic nitrogens is 2. The number of nitrogens with one attached hydrogen (secondary N) is 2. The van der Waals surface area contributed by atoms with Gasteiger partial charge < -0.3 is 0 Å². The molecule has 0 aliphatic carbocycles. The third kappa shape index (κ3) is 4.33. The van der Waals surface area contributed by atoms with Crippen molar-refractivity contribution >= 4 is 26.6 Å². The van der Waals surface area contributed by atoms with Gasteiger partial charge in [-0.3, -0.25) is 19.3 Å². The standard InChI is InChI=1S/C21H16F3N3O3S/c22-21(23,24)15-7-4-8-17(11-15)31(29,30)26-16-9-10-19-18(12-16)20(28)25-27(19)13-14-5-2-1-3-6-14/h1-12,26H,13H2,(H,25,28). The molecule has 0 radical (unpaired) electrons. The van der Waals surface area contributed by atoms with Crippen molar-refractivity contribution in [3.05, 3.63) is 94.3 Å². The molecule has 0 bridgehead atoms. The van der Waals surface area contributed by atoms with Crippen molar-refractivity contribution in [2.45, 2.75) is 17.6 Å². The Hall–Kier alpha value is -3.53. The van der Waals surface area contributed by atoms with Crippen molar-refractivity contribution in [1.29, 1.82) is 0 Å². The van der Waals surface area contributed by atoms with Crippen molar-refractivity contribution < 1.29 is 21.6 Å². The van der Waals surface area contributed by atoms with E-state index in [2.05, 4.69) is 9.82 Å². The lowest BCUT2D eigenvalue weighted by atomic mass is 10.2. The van der Waals surface area contributed by atoms with E-state index in [4.69, 9.17) is 0 Å². The number of benzene rings is 3. The van der Waals surface area contributed by atoms with Crippen molar-refractivity contribution in [2.24, 2.45) is 0 Å². The van der Waals surface area contributed by atoms with E-state index >= 15 is 0 Å². The number of aromatic amines is 1. The number of anilines is 1. The highest BCUT2D eigenvalue weighted by Gasteiger charge is 2.31. The molecule has 3 aromatic carbocycles. The van der Waals surface area contributed by atoms with Gasteiger partial charge in [-0.1, -0.05) is 36.4 Å². The Morgan fingerprint density at radius 3 is 2.39 bits per heavy atom. The lowest BCUT2D eigenvalue weighted by molar-refractivity contribution is -0.137. The van der Waals surface area contributed by atoms with E-state index < -0.39 is 32.2 Å². The summed E-state index contributed by atoms with van der Waals surface area (Å²) in [5, 5.41) is 2.96. The van der Waals surface area contributed by atoms with Crippen LogP contribution in [0, 0.1) is 0 Å². The number of sulfonamides is 1. The highest BCUT2D eigenvalue weighted by Crippen LogP contribution is 2.31. The Balaban J connectivity index is 1.65. The molecule has 0 saturated heterocycles. The molecule has 0 saturated carbocycles. The van der Waals surface area contributed by atoms with Gasteiger partial charge in [0, 0.05) is 5.69 Å². The quantitative estimate of drug-likeness (QED) is 0.481. The summed E-state index contributed by atoms with van der Waals surface area (Å²) in [6, 6.07) is 17.2. The normalized spacial score (nSPS) is 12.2. The smallest absolute Gasteiger partial charge is 0.280 e. The first kappa shape index (κ1) is 20.7. The molecule has 2 N–H and O–H groups in total. The predicted octanol–water partition coefficient (Wildman–Crippen LogP) is 4.20. The number of hydrogen-bond donors (Lipinski definition) is 2. The first-order valence-electron chi connectivity index (χ1n) is 9.10. The second kappa shape index (κ2) is 7.62. The number of rotatable bonds is 5. The lowest BCUT2D eigenvalue weighted by Gasteiger charge is -2.11. The fraction of sp³-hybridized carbons (Fsp3) is 0.0952. The van der Waals surface area contributed by atoms with Gasteiger partial charge in [-0.15, -0.1) is 0 Å². The molecule has 0 unspecified atom stereocenters. The molecule has 0 amide bonds. The van der Waals surface area contributed by atoms with E-state index in [1.54, 1.807) is 10.7 Å². The van der Waals surface area contributed by atoms with Crippen LogP contribution in [0.25, 0.3) is 10.9 Å². The van der Waals surface area contributed by atoms with Gasteiger partial charge in [-0.05, 0) is 42.0 Å². The van der Waals surface area contributed by atoms with Gasteiger partial charge >= 0.3 is 6.18 Å². The predicted molar refractivity (Wildman–Crippen MR) is 110 cm³/mol. The summed E-state index contributed by atoms with van der Waals surface area (Å²) in [6.07, 6.45) is -4.67. The van der Waals surface area contributed by atoms with E-state index in [9.17, 15) is 26.4 Å². The van der Waals surface area contributed by atoms with E-state index in [-0.39, 0.29) is 11.1 Å². The zero-order chi connectivity index (χ0) is 22.2. The van der Waals surface area contributed by atoms with Gasteiger partial charge in [0.1, 0.15) is 0 Å². The lowest BCUT2D eigenvalue weighted by Crippen LogP contribution is -2.14. The Labute approximate surface area is 175 Å². The Morgan fingerprint density at radius 1 is 0.935 bits per heavy atom. The number of H-pyrrole nitrogens is 1. The van der Waals surface area contributed by atoms with Gasteiger partial charge in [0.2, 0.25) is 0 Å². The van der Waals surface area contributed by atoms with Crippen LogP contribution in [-0.2, 0) is 22.7 Å². The first-order chi connectivity index (χ1) is 14.6. The Kier molecular flexibility index (Phi) is 5.10. The Bertz CT molecular complexity index is 1410. The van der Waals surface area contributed by atoms with E-state index in [1.165, 1.54) is 12.1 Å². The molecule has 0 aliphatic heterocycles. The maximum atomic E-state index is 12.9. The monoisotopic (exact) mass is 447 g/mol. The SMILES string of the molecule is O=c1[nH]n(Cc2ccccc2)c2ccc(NS(=O)(=O)c3cccc(C(F)(F)F)c3)cc12. The molecule has 10 heteroatoms. The third-order valence-corrected chi connectivity index (χ3v) is 6.05. The van der Waals surface area contributed by atoms with Crippen molar-refractivity contribution in [3.63, 3.8) is 0 Å². The minimum absolute atomic E-state index is 0.0628. The largest absolute Gasteiger partial charge is 0.416 e. The molecular weight excluding hydrogens is 431 g/mol. The van der Waals surface area contributed by atoms with E-state index in [0.717, 1.165) is 23.8 Å². The average Bonchev–Trinajstić information content (AvgIpc) is 3.03. The van der Waals surface area contributed by atoms with E-state index in [0.29, 0.717) is 18.1 Å². The molecule has 4 rings (SSSR count). The molecule has 6 nitrogen and oxygen atoms in total. The van der Waals surface area contributed by atoms with Crippen LogP contribution in [0.1, 0.15) is 11.1 Å². The van der Waals surface area contributed by atoms with Gasteiger partial charge in [0.25, 0.3) is 15.6 Å². The highest BCUT2D eigenvalue weighted by molar-refractivity contribution is 7.92. The number of fused-ring (bicyclic) bond motifs is 1. The second-order valence-corrected chi connectivity index (χ2v) is 8.56. The first-order valence-corrected chi connectivity index (χ1v) is 10.6. The van der Waals surface area contributed by atoms with Crippen LogP contribution in [0.2, 0.25) is 0 Å². The summed E-state index contributed by atoms with van der Waals surface area (Å²) in [5.41, 5.74) is 0.111. The molecule has 31 heavy (non-hydrogen) atoms. The van der Waals surface area contributed by atoms with Crippen LogP contribution >= 0.6 is 0 Å². The van der Waals surface area contributed by atoms with E-state index in [1.807, 2.05) is 30.3 Å². The molecule has 0 aliphatic rings. The minimum Gasteiger partial charge on any atom is -0.280 e. The molecule has 4 aromatic rings. The van der Waals surface area contributed by atoms with Gasteiger partial charge in [-0.2, -0.15) is 13.2 Å².